The molecule has 0 aliphatic carbocycles. The second-order valence-electron chi connectivity index (χ2n) is 6.41. The second-order valence-corrected chi connectivity index (χ2v) is 6.81. The van der Waals surface area contributed by atoms with Crippen LogP contribution in [0.4, 0.5) is 10.5 Å². The van der Waals surface area contributed by atoms with Crippen LogP contribution >= 0.6 is 11.6 Å². The van der Waals surface area contributed by atoms with E-state index in [-0.39, 0.29) is 12.1 Å². The molecule has 5 nitrogen and oxygen atoms in total. The molecule has 0 aromatic heterocycles. The van der Waals surface area contributed by atoms with Gasteiger partial charge < -0.3 is 19.7 Å². The van der Waals surface area contributed by atoms with Crippen LogP contribution in [0, 0.1) is 0 Å². The molecule has 1 aliphatic heterocycles. The van der Waals surface area contributed by atoms with Crippen molar-refractivity contribution in [3.8, 4) is 5.75 Å². The number of anilines is 1. The van der Waals surface area contributed by atoms with Gasteiger partial charge in [-0.2, -0.15) is 0 Å². The van der Waals surface area contributed by atoms with Crippen molar-refractivity contribution in [2.24, 2.45) is 0 Å². The lowest BCUT2D eigenvalue weighted by molar-refractivity contribution is 0.0293. The number of benzene rings is 1. The highest BCUT2D eigenvalue weighted by Crippen LogP contribution is 2.28. The number of hydrogen-bond donors (Lipinski definition) is 1. The number of halogens is 1. The van der Waals surface area contributed by atoms with Crippen molar-refractivity contribution in [1.29, 1.82) is 0 Å². The highest BCUT2D eigenvalue weighted by Gasteiger charge is 2.29. The fourth-order valence-electron chi connectivity index (χ4n) is 2.36. The van der Waals surface area contributed by atoms with Gasteiger partial charge in [0.2, 0.25) is 0 Å². The lowest BCUT2D eigenvalue weighted by Gasteiger charge is -2.24. The van der Waals surface area contributed by atoms with Crippen LogP contribution in [0.25, 0.3) is 0 Å². The van der Waals surface area contributed by atoms with Crippen LogP contribution in [0.5, 0.6) is 5.75 Å². The Bertz CT molecular complexity index is 543. The molecule has 2 rings (SSSR count). The topological polar surface area (TPSA) is 50.8 Å². The first kappa shape index (κ1) is 16.7. The van der Waals surface area contributed by atoms with E-state index in [0.29, 0.717) is 23.9 Å². The van der Waals surface area contributed by atoms with E-state index in [1.165, 1.54) is 0 Å². The fourth-order valence-corrected chi connectivity index (χ4v) is 2.62. The summed E-state index contributed by atoms with van der Waals surface area (Å²) in [5.74, 6) is 0.647. The number of rotatable bonds is 3. The number of carbonyl (C=O) groups excluding carboxylic acids is 1. The molecule has 0 radical (unpaired) electrons. The third-order valence-electron chi connectivity index (χ3n) is 3.36. The third kappa shape index (κ3) is 4.44. The summed E-state index contributed by atoms with van der Waals surface area (Å²) in [5.41, 5.74) is 0.452. The van der Waals surface area contributed by atoms with E-state index in [4.69, 9.17) is 21.1 Å². The van der Waals surface area contributed by atoms with E-state index < -0.39 is 5.60 Å². The summed E-state index contributed by atoms with van der Waals surface area (Å²) in [6.07, 6.45) is 0.618. The lowest BCUT2D eigenvalue weighted by Crippen LogP contribution is -2.36. The Hall–Kier alpha value is -1.62. The van der Waals surface area contributed by atoms with Gasteiger partial charge in [0, 0.05) is 24.8 Å². The maximum Gasteiger partial charge on any atom is 0.410 e. The van der Waals surface area contributed by atoms with E-state index in [9.17, 15) is 4.79 Å². The molecular weight excluding hydrogens is 304 g/mol. The molecule has 1 amide bonds. The average Bonchev–Trinajstić information content (AvgIpc) is 2.85. The number of hydrogen-bond acceptors (Lipinski definition) is 4. The van der Waals surface area contributed by atoms with E-state index in [1.54, 1.807) is 12.0 Å². The maximum absolute atomic E-state index is 12.0. The Kier molecular flexibility index (Phi) is 5.06. The Morgan fingerprint density at radius 1 is 1.41 bits per heavy atom. The first-order chi connectivity index (χ1) is 10.3. The number of amides is 1. The number of likely N-dealkylation sites (tertiary alicyclic amines) is 1. The van der Waals surface area contributed by atoms with Gasteiger partial charge in [0.05, 0.1) is 12.1 Å². The summed E-state index contributed by atoms with van der Waals surface area (Å²) in [5, 5.41) is 3.96. The third-order valence-corrected chi connectivity index (χ3v) is 3.66. The number of carbonyl (C=O) groups is 1. The smallest absolute Gasteiger partial charge is 0.410 e. The van der Waals surface area contributed by atoms with Crippen molar-refractivity contribution in [2.75, 3.05) is 25.5 Å². The summed E-state index contributed by atoms with van der Waals surface area (Å²) in [6.45, 7) is 6.93. The molecule has 1 atom stereocenters. The second kappa shape index (κ2) is 6.65. The summed E-state index contributed by atoms with van der Waals surface area (Å²) in [6, 6.07) is 5.76. The molecule has 22 heavy (non-hydrogen) atoms. The molecule has 1 unspecified atom stereocenters. The molecule has 6 heteroatoms. The van der Waals surface area contributed by atoms with Crippen LogP contribution in [0.1, 0.15) is 27.2 Å². The molecule has 1 aromatic carbocycles. The maximum atomic E-state index is 12.0. The highest BCUT2D eigenvalue weighted by atomic mass is 35.5. The molecule has 1 aromatic rings. The minimum Gasteiger partial charge on any atom is -0.495 e. The Morgan fingerprint density at radius 3 is 2.73 bits per heavy atom. The highest BCUT2D eigenvalue weighted by molar-refractivity contribution is 6.32. The van der Waals surface area contributed by atoms with Crippen LogP contribution in [0.3, 0.4) is 0 Å². The Labute approximate surface area is 136 Å². The fraction of sp³-hybridized carbons (Fsp3) is 0.562. The van der Waals surface area contributed by atoms with Crippen molar-refractivity contribution in [1.82, 2.24) is 4.90 Å². The molecule has 0 saturated carbocycles. The van der Waals surface area contributed by atoms with Gasteiger partial charge in [-0.15, -0.1) is 0 Å². The molecule has 1 fully saturated rings. The van der Waals surface area contributed by atoms with E-state index in [2.05, 4.69) is 5.32 Å². The van der Waals surface area contributed by atoms with Gasteiger partial charge in [-0.25, -0.2) is 4.79 Å². The summed E-state index contributed by atoms with van der Waals surface area (Å²) < 4.78 is 10.5. The van der Waals surface area contributed by atoms with Gasteiger partial charge in [0.1, 0.15) is 11.4 Å². The molecule has 0 bridgehead atoms. The molecular formula is C16H23ClN2O3. The monoisotopic (exact) mass is 326 g/mol. The normalized spacial score (nSPS) is 18.2. The molecule has 0 spiro atoms. The van der Waals surface area contributed by atoms with Crippen LogP contribution < -0.4 is 10.1 Å². The predicted molar refractivity (Wildman–Crippen MR) is 87.8 cm³/mol. The number of nitrogens with one attached hydrogen (secondary N) is 1. The van der Waals surface area contributed by atoms with Crippen LogP contribution in [0.2, 0.25) is 5.02 Å². The Balaban J connectivity index is 1.91. The molecule has 1 N–H and O–H groups in total. The van der Waals surface area contributed by atoms with E-state index >= 15 is 0 Å². The van der Waals surface area contributed by atoms with Gasteiger partial charge in [-0.05, 0) is 45.4 Å². The zero-order valence-corrected chi connectivity index (χ0v) is 14.2. The van der Waals surface area contributed by atoms with E-state index in [0.717, 1.165) is 12.1 Å². The van der Waals surface area contributed by atoms with Gasteiger partial charge in [-0.3, -0.25) is 0 Å². The van der Waals surface area contributed by atoms with Gasteiger partial charge in [0.15, 0.2) is 0 Å². The SMILES string of the molecule is COc1ccc(NC2CCN(C(=O)OC(C)(C)C)C2)cc1Cl. The standard InChI is InChI=1S/C16H23ClN2O3/c1-16(2,3)22-15(20)19-8-7-12(10-19)18-11-5-6-14(21-4)13(17)9-11/h5-6,9,12,18H,7-8,10H2,1-4H3. The first-order valence-electron chi connectivity index (χ1n) is 7.36. The average molecular weight is 327 g/mol. The van der Waals surface area contributed by atoms with Gasteiger partial charge >= 0.3 is 6.09 Å². The van der Waals surface area contributed by atoms with Crippen LogP contribution in [-0.4, -0.2) is 42.8 Å². The molecule has 122 valence electrons. The van der Waals surface area contributed by atoms with Crippen molar-refractivity contribution < 1.29 is 14.3 Å². The van der Waals surface area contributed by atoms with Crippen molar-refractivity contribution in [3.05, 3.63) is 23.2 Å². The number of methoxy groups -OCH3 is 1. The van der Waals surface area contributed by atoms with Gasteiger partial charge in [0.25, 0.3) is 0 Å². The van der Waals surface area contributed by atoms with Crippen molar-refractivity contribution in [2.45, 2.75) is 38.8 Å². The summed E-state index contributed by atoms with van der Waals surface area (Å²) in [7, 11) is 1.59. The van der Waals surface area contributed by atoms with Crippen LogP contribution in [-0.2, 0) is 4.74 Å². The Morgan fingerprint density at radius 2 is 2.14 bits per heavy atom. The number of ether oxygens (including phenoxy) is 2. The quantitative estimate of drug-likeness (QED) is 0.918. The number of nitrogens with zero attached hydrogens (tertiary/aromatic N) is 1. The van der Waals surface area contributed by atoms with E-state index in [1.807, 2.05) is 39.0 Å². The zero-order chi connectivity index (χ0) is 16.3. The molecule has 1 heterocycles. The van der Waals surface area contributed by atoms with Crippen molar-refractivity contribution in [3.63, 3.8) is 0 Å². The van der Waals surface area contributed by atoms with Crippen LogP contribution in [0.15, 0.2) is 18.2 Å². The van der Waals surface area contributed by atoms with Crippen molar-refractivity contribution >= 4 is 23.4 Å². The summed E-state index contributed by atoms with van der Waals surface area (Å²) >= 11 is 6.12. The first-order valence-corrected chi connectivity index (χ1v) is 7.74. The minimum atomic E-state index is -0.466. The lowest BCUT2D eigenvalue weighted by atomic mass is 10.2. The predicted octanol–water partition coefficient (Wildman–Crippen LogP) is 3.77. The summed E-state index contributed by atoms with van der Waals surface area (Å²) in [4.78, 5) is 13.8. The zero-order valence-electron chi connectivity index (χ0n) is 13.5. The minimum absolute atomic E-state index is 0.192. The molecule has 1 aliphatic rings. The molecule has 1 saturated heterocycles. The largest absolute Gasteiger partial charge is 0.495 e. The van der Waals surface area contributed by atoms with Gasteiger partial charge in [-0.1, -0.05) is 11.6 Å².